The number of anilines is 3. The molecule has 10 rings (SSSR count). The van der Waals surface area contributed by atoms with Crippen molar-refractivity contribution in [2.24, 2.45) is 0 Å². The number of nitrogens with zero attached hydrogens (tertiary/aromatic N) is 5. The second kappa shape index (κ2) is 10.5. The highest BCUT2D eigenvalue weighted by Crippen LogP contribution is 2.47. The Bertz CT molecular complexity index is 2690. The zero-order valence-corrected chi connectivity index (χ0v) is 25.8. The van der Waals surface area contributed by atoms with Gasteiger partial charge in [-0.1, -0.05) is 115 Å². The first-order valence-electron chi connectivity index (χ1n) is 16.1. The van der Waals surface area contributed by atoms with Gasteiger partial charge < -0.3 is 0 Å². The highest BCUT2D eigenvalue weighted by atomic mass is 15.3. The molecule has 0 amide bonds. The van der Waals surface area contributed by atoms with Gasteiger partial charge in [-0.05, 0) is 48.5 Å². The molecule has 0 spiro atoms. The Balaban J connectivity index is 1.17. The largest absolute Gasteiger partial charge is 0.280 e. The SMILES string of the molecule is c1ccc(-c2ccc3ccc4ccc(-c5cccc(N6c7ccccc7-c7ccccc7-n7c6nc6ccccc67)c5)nc4c3n2)cc1. The Morgan fingerprint density at radius 2 is 1.00 bits per heavy atom. The van der Waals surface area contributed by atoms with Crippen molar-refractivity contribution in [2.45, 2.75) is 0 Å². The van der Waals surface area contributed by atoms with Gasteiger partial charge in [-0.2, -0.15) is 0 Å². The molecule has 0 bridgehead atoms. The fraction of sp³-hybridized carbons (Fsp3) is 0. The van der Waals surface area contributed by atoms with Crippen molar-refractivity contribution in [1.82, 2.24) is 19.5 Å². The van der Waals surface area contributed by atoms with Crippen LogP contribution in [0, 0.1) is 0 Å². The third-order valence-electron chi connectivity index (χ3n) is 9.31. The standard InChI is InChI=1S/C43H27N5/c1-2-11-28(12-3-1)35-25-23-29-21-22-30-24-26-36(45-42(30)41(29)44-35)31-13-10-14-32(27-31)47-38-18-7-4-15-33(38)34-16-5-8-19-39(34)48-40-20-9-6-17-37(40)46-43(47)48/h1-27H. The predicted molar refractivity (Wildman–Crippen MR) is 196 cm³/mol. The molecule has 0 fully saturated rings. The Kier molecular flexibility index (Phi) is 5.81. The minimum atomic E-state index is 0.848. The monoisotopic (exact) mass is 613 g/mol. The number of rotatable bonds is 3. The van der Waals surface area contributed by atoms with E-state index in [9.17, 15) is 0 Å². The van der Waals surface area contributed by atoms with E-state index in [0.717, 1.165) is 83.9 Å². The van der Waals surface area contributed by atoms with Crippen LogP contribution in [-0.4, -0.2) is 19.5 Å². The van der Waals surface area contributed by atoms with Gasteiger partial charge in [0.25, 0.3) is 0 Å². The van der Waals surface area contributed by atoms with Crippen molar-refractivity contribution in [1.29, 1.82) is 0 Å². The van der Waals surface area contributed by atoms with Gasteiger partial charge in [0.1, 0.15) is 0 Å². The van der Waals surface area contributed by atoms with Gasteiger partial charge in [-0.25, -0.2) is 15.0 Å². The minimum Gasteiger partial charge on any atom is -0.280 e. The van der Waals surface area contributed by atoms with Crippen molar-refractivity contribution in [3.63, 3.8) is 0 Å². The summed E-state index contributed by atoms with van der Waals surface area (Å²) < 4.78 is 2.29. The minimum absolute atomic E-state index is 0.848. The molecule has 0 unspecified atom stereocenters. The summed E-state index contributed by atoms with van der Waals surface area (Å²) in [4.78, 5) is 17.9. The molecule has 1 aliphatic heterocycles. The number of hydrogen-bond donors (Lipinski definition) is 0. The Morgan fingerprint density at radius 1 is 0.417 bits per heavy atom. The van der Waals surface area contributed by atoms with Crippen molar-refractivity contribution in [3.05, 3.63) is 164 Å². The van der Waals surface area contributed by atoms with Crippen molar-refractivity contribution < 1.29 is 0 Å². The summed E-state index contributed by atoms with van der Waals surface area (Å²) in [7, 11) is 0. The third kappa shape index (κ3) is 4.08. The van der Waals surface area contributed by atoms with Gasteiger partial charge in [-0.15, -0.1) is 0 Å². The molecule has 0 radical (unpaired) electrons. The predicted octanol–water partition coefficient (Wildman–Crippen LogP) is 10.9. The van der Waals surface area contributed by atoms with Gasteiger partial charge in [0, 0.05) is 38.7 Å². The molecular formula is C43H27N5. The Hall–Kier alpha value is -6.59. The van der Waals surface area contributed by atoms with Crippen LogP contribution in [0.15, 0.2) is 164 Å². The topological polar surface area (TPSA) is 46.8 Å². The van der Waals surface area contributed by atoms with Crippen LogP contribution in [0.5, 0.6) is 0 Å². The van der Waals surface area contributed by atoms with Gasteiger partial charge in [0.05, 0.1) is 44.8 Å². The lowest BCUT2D eigenvalue weighted by molar-refractivity contribution is 1.05. The molecule has 0 aliphatic carbocycles. The molecule has 6 aromatic carbocycles. The first-order chi connectivity index (χ1) is 23.8. The maximum atomic E-state index is 5.27. The normalized spacial score (nSPS) is 12.1. The zero-order chi connectivity index (χ0) is 31.6. The van der Waals surface area contributed by atoms with E-state index in [0.29, 0.717) is 0 Å². The molecule has 0 saturated heterocycles. The summed E-state index contributed by atoms with van der Waals surface area (Å²) in [5, 5.41) is 2.13. The summed E-state index contributed by atoms with van der Waals surface area (Å²) >= 11 is 0. The molecule has 48 heavy (non-hydrogen) atoms. The second-order valence-electron chi connectivity index (χ2n) is 12.1. The molecule has 0 saturated carbocycles. The molecule has 0 N–H and O–H groups in total. The maximum absolute atomic E-state index is 5.27. The van der Waals surface area contributed by atoms with Crippen LogP contribution in [0.4, 0.5) is 17.3 Å². The molecule has 1 aliphatic rings. The van der Waals surface area contributed by atoms with E-state index in [4.69, 9.17) is 15.0 Å². The third-order valence-corrected chi connectivity index (χ3v) is 9.31. The van der Waals surface area contributed by atoms with Crippen molar-refractivity contribution >= 4 is 50.2 Å². The van der Waals surface area contributed by atoms with E-state index in [1.807, 2.05) is 24.3 Å². The molecule has 5 heteroatoms. The second-order valence-corrected chi connectivity index (χ2v) is 12.1. The smallest absolute Gasteiger partial charge is 0.220 e. The lowest BCUT2D eigenvalue weighted by Gasteiger charge is -2.25. The summed E-state index contributed by atoms with van der Waals surface area (Å²) in [6.45, 7) is 0. The maximum Gasteiger partial charge on any atom is 0.220 e. The fourth-order valence-corrected chi connectivity index (χ4v) is 7.06. The summed E-state index contributed by atoms with van der Waals surface area (Å²) in [5.41, 5.74) is 13.3. The summed E-state index contributed by atoms with van der Waals surface area (Å²) in [6, 6.07) is 57.2. The number of aromatic nitrogens is 4. The number of imidazole rings is 1. The summed E-state index contributed by atoms with van der Waals surface area (Å²) in [6.07, 6.45) is 0. The van der Waals surface area contributed by atoms with Crippen LogP contribution in [0.3, 0.4) is 0 Å². The molecule has 9 aromatic rings. The van der Waals surface area contributed by atoms with E-state index < -0.39 is 0 Å². The molecule has 4 heterocycles. The lowest BCUT2D eigenvalue weighted by atomic mass is 10.0. The van der Waals surface area contributed by atoms with E-state index in [-0.39, 0.29) is 0 Å². The van der Waals surface area contributed by atoms with Gasteiger partial charge >= 0.3 is 0 Å². The molecule has 3 aromatic heterocycles. The fourth-order valence-electron chi connectivity index (χ4n) is 7.06. The first kappa shape index (κ1) is 26.6. The van der Waals surface area contributed by atoms with Crippen LogP contribution < -0.4 is 4.90 Å². The molecular weight excluding hydrogens is 587 g/mol. The van der Waals surface area contributed by atoms with Crippen molar-refractivity contribution in [2.75, 3.05) is 4.90 Å². The van der Waals surface area contributed by atoms with Crippen molar-refractivity contribution in [3.8, 4) is 39.3 Å². The molecule has 5 nitrogen and oxygen atoms in total. The van der Waals surface area contributed by atoms with Crippen LogP contribution >= 0.6 is 0 Å². The van der Waals surface area contributed by atoms with E-state index in [1.165, 1.54) is 5.56 Å². The number of pyridine rings is 2. The number of para-hydroxylation sites is 4. The number of hydrogen-bond acceptors (Lipinski definition) is 4. The average Bonchev–Trinajstić information content (AvgIpc) is 3.48. The van der Waals surface area contributed by atoms with Crippen LogP contribution in [-0.2, 0) is 0 Å². The summed E-state index contributed by atoms with van der Waals surface area (Å²) in [5.74, 6) is 0.848. The number of fused-ring (bicyclic) bond motifs is 10. The van der Waals surface area contributed by atoms with E-state index in [2.05, 4.69) is 149 Å². The highest BCUT2D eigenvalue weighted by molar-refractivity contribution is 6.04. The Morgan fingerprint density at radius 3 is 1.77 bits per heavy atom. The van der Waals surface area contributed by atoms with Gasteiger partial charge in [-0.3, -0.25) is 9.47 Å². The first-order valence-corrected chi connectivity index (χ1v) is 16.1. The van der Waals surface area contributed by atoms with Crippen LogP contribution in [0.25, 0.3) is 72.2 Å². The quantitative estimate of drug-likeness (QED) is 0.186. The lowest BCUT2D eigenvalue weighted by Crippen LogP contribution is -2.14. The highest BCUT2D eigenvalue weighted by Gasteiger charge is 2.29. The van der Waals surface area contributed by atoms with E-state index in [1.54, 1.807) is 0 Å². The molecule has 0 atom stereocenters. The number of benzene rings is 6. The van der Waals surface area contributed by atoms with E-state index >= 15 is 0 Å². The zero-order valence-electron chi connectivity index (χ0n) is 25.8. The van der Waals surface area contributed by atoms with Crippen LogP contribution in [0.2, 0.25) is 0 Å². The van der Waals surface area contributed by atoms with Gasteiger partial charge in [0.2, 0.25) is 5.95 Å². The average molecular weight is 614 g/mol. The van der Waals surface area contributed by atoms with Crippen LogP contribution in [0.1, 0.15) is 0 Å². The van der Waals surface area contributed by atoms with Gasteiger partial charge in [0.15, 0.2) is 0 Å². The molecule has 224 valence electrons. The Labute approximate surface area is 277 Å².